The Bertz CT molecular complexity index is 845. The molecule has 0 spiro atoms. The molecule has 0 fully saturated rings. The Morgan fingerprint density at radius 2 is 1.96 bits per heavy atom. The Kier molecular flexibility index (Phi) is 4.92. The van der Waals surface area contributed by atoms with Crippen LogP contribution in [0.3, 0.4) is 0 Å². The Labute approximate surface area is 147 Å². The molecular weight excluding hydrogens is 342 g/mol. The molecule has 0 saturated heterocycles. The first-order valence-electron chi connectivity index (χ1n) is 7.49. The number of β-amino-alcohol motifs (C(OH)–C–C–N with tert-alkyl or cyclic N) is 1. The number of carbonyl (C=O) groups excluding carboxylic acids is 3. The smallest absolute Gasteiger partial charge is 0.277 e. The number of benzene rings is 1. The summed E-state index contributed by atoms with van der Waals surface area (Å²) in [6, 6.07) is 10.4. The van der Waals surface area contributed by atoms with Crippen molar-refractivity contribution in [2.75, 3.05) is 23.8 Å². The molecule has 2 heterocycles. The molecular formula is C17H15N3O4S. The minimum absolute atomic E-state index is 0.0454. The third-order valence-corrected chi connectivity index (χ3v) is 4.35. The number of carbonyl (C=O) groups is 3. The van der Waals surface area contributed by atoms with Gasteiger partial charge in [0, 0.05) is 17.5 Å². The molecule has 2 aromatic rings. The molecule has 128 valence electrons. The standard InChI is InChI=1S/C17H15N3O4S/c21-7-6-20-15(22)10-13(17(20)24)18-11-3-1-4-12(9-11)19-16(23)14-5-2-8-25-14/h1-5,8-10,18,21H,6-7H2,(H,19,23). The second kappa shape index (κ2) is 7.29. The number of nitrogens with zero attached hydrogens (tertiary/aromatic N) is 1. The number of thiophene rings is 1. The maximum absolute atomic E-state index is 12.1. The van der Waals surface area contributed by atoms with Gasteiger partial charge >= 0.3 is 0 Å². The van der Waals surface area contributed by atoms with Crippen LogP contribution in [0, 0.1) is 0 Å². The van der Waals surface area contributed by atoms with Crippen molar-refractivity contribution in [3.8, 4) is 0 Å². The van der Waals surface area contributed by atoms with Crippen LogP contribution in [0.4, 0.5) is 11.4 Å². The first-order chi connectivity index (χ1) is 12.1. The van der Waals surface area contributed by atoms with Crippen LogP contribution >= 0.6 is 11.3 Å². The van der Waals surface area contributed by atoms with E-state index in [4.69, 9.17) is 5.11 Å². The number of amides is 3. The maximum atomic E-state index is 12.1. The fourth-order valence-electron chi connectivity index (χ4n) is 2.34. The molecule has 8 heteroatoms. The molecule has 0 radical (unpaired) electrons. The van der Waals surface area contributed by atoms with E-state index in [1.807, 2.05) is 5.38 Å². The molecule has 25 heavy (non-hydrogen) atoms. The van der Waals surface area contributed by atoms with Crippen molar-refractivity contribution in [1.29, 1.82) is 0 Å². The summed E-state index contributed by atoms with van der Waals surface area (Å²) < 4.78 is 0. The van der Waals surface area contributed by atoms with Gasteiger partial charge in [-0.25, -0.2) is 0 Å². The second-order valence-electron chi connectivity index (χ2n) is 5.21. The molecule has 0 unspecified atom stereocenters. The van der Waals surface area contributed by atoms with E-state index in [1.54, 1.807) is 36.4 Å². The fraction of sp³-hybridized carbons (Fsp3) is 0.118. The minimum Gasteiger partial charge on any atom is -0.395 e. The van der Waals surface area contributed by atoms with Gasteiger partial charge in [-0.15, -0.1) is 11.3 Å². The van der Waals surface area contributed by atoms with Crippen molar-refractivity contribution in [2.45, 2.75) is 0 Å². The van der Waals surface area contributed by atoms with Crippen molar-refractivity contribution in [3.63, 3.8) is 0 Å². The van der Waals surface area contributed by atoms with Gasteiger partial charge in [-0.2, -0.15) is 0 Å². The highest BCUT2D eigenvalue weighted by molar-refractivity contribution is 7.12. The summed E-state index contributed by atoms with van der Waals surface area (Å²) in [7, 11) is 0. The van der Waals surface area contributed by atoms with Crippen LogP contribution < -0.4 is 10.6 Å². The van der Waals surface area contributed by atoms with E-state index in [2.05, 4.69) is 10.6 Å². The zero-order chi connectivity index (χ0) is 17.8. The lowest BCUT2D eigenvalue weighted by Gasteiger charge is -2.13. The molecule has 3 rings (SSSR count). The molecule has 3 N–H and O–H groups in total. The lowest BCUT2D eigenvalue weighted by atomic mass is 10.2. The molecule has 0 saturated carbocycles. The number of anilines is 2. The predicted octanol–water partition coefficient (Wildman–Crippen LogP) is 1.66. The number of imide groups is 1. The Morgan fingerprint density at radius 3 is 2.68 bits per heavy atom. The molecule has 1 aliphatic heterocycles. The van der Waals surface area contributed by atoms with Gasteiger partial charge in [-0.05, 0) is 29.6 Å². The summed E-state index contributed by atoms with van der Waals surface area (Å²) in [5.41, 5.74) is 1.25. The minimum atomic E-state index is -0.493. The average molecular weight is 357 g/mol. The van der Waals surface area contributed by atoms with Crippen molar-refractivity contribution >= 4 is 40.4 Å². The third-order valence-electron chi connectivity index (χ3n) is 3.48. The quantitative estimate of drug-likeness (QED) is 0.683. The largest absolute Gasteiger partial charge is 0.395 e. The molecule has 7 nitrogen and oxygen atoms in total. The van der Waals surface area contributed by atoms with Crippen LogP contribution in [0.2, 0.25) is 0 Å². The van der Waals surface area contributed by atoms with Gasteiger partial charge in [0.1, 0.15) is 5.70 Å². The normalized spacial score (nSPS) is 13.8. The lowest BCUT2D eigenvalue weighted by molar-refractivity contribution is -0.137. The van der Waals surface area contributed by atoms with Crippen molar-refractivity contribution in [1.82, 2.24) is 4.90 Å². The van der Waals surface area contributed by atoms with Crippen LogP contribution in [-0.2, 0) is 9.59 Å². The zero-order valence-corrected chi connectivity index (χ0v) is 13.9. The number of aliphatic hydroxyl groups is 1. The molecule has 3 amide bonds. The monoisotopic (exact) mass is 357 g/mol. The summed E-state index contributed by atoms with van der Waals surface area (Å²) in [6.45, 7) is -0.334. The van der Waals surface area contributed by atoms with Crippen LogP contribution in [-0.4, -0.2) is 40.9 Å². The fourth-order valence-corrected chi connectivity index (χ4v) is 2.96. The summed E-state index contributed by atoms with van der Waals surface area (Å²) in [5.74, 6) is -1.18. The van der Waals surface area contributed by atoms with Crippen molar-refractivity contribution in [2.24, 2.45) is 0 Å². The van der Waals surface area contributed by atoms with Gasteiger partial charge < -0.3 is 15.7 Å². The van der Waals surface area contributed by atoms with E-state index in [-0.39, 0.29) is 24.8 Å². The molecule has 1 aromatic heterocycles. The number of hydrogen-bond donors (Lipinski definition) is 3. The van der Waals surface area contributed by atoms with E-state index in [0.29, 0.717) is 16.3 Å². The third kappa shape index (κ3) is 3.76. The Hall–Kier alpha value is -2.97. The number of rotatable bonds is 6. The summed E-state index contributed by atoms with van der Waals surface area (Å²) in [4.78, 5) is 37.5. The first kappa shape index (κ1) is 16.9. The molecule has 0 bridgehead atoms. The summed E-state index contributed by atoms with van der Waals surface area (Å²) in [6.07, 6.45) is 1.19. The van der Waals surface area contributed by atoms with Crippen LogP contribution in [0.5, 0.6) is 0 Å². The van der Waals surface area contributed by atoms with Gasteiger partial charge in [-0.1, -0.05) is 12.1 Å². The number of hydrogen-bond acceptors (Lipinski definition) is 6. The van der Waals surface area contributed by atoms with E-state index in [0.717, 1.165) is 4.90 Å². The van der Waals surface area contributed by atoms with Gasteiger partial charge in [0.15, 0.2) is 0 Å². The average Bonchev–Trinajstić information content (AvgIpc) is 3.21. The summed E-state index contributed by atoms with van der Waals surface area (Å²) in [5, 5.41) is 16.4. The molecule has 1 aliphatic rings. The first-order valence-corrected chi connectivity index (χ1v) is 8.37. The lowest BCUT2D eigenvalue weighted by Crippen LogP contribution is -2.34. The van der Waals surface area contributed by atoms with Gasteiger partial charge in [0.05, 0.1) is 18.0 Å². The molecule has 0 atom stereocenters. The van der Waals surface area contributed by atoms with E-state index in [1.165, 1.54) is 17.4 Å². The number of nitrogens with one attached hydrogen (secondary N) is 2. The molecule has 0 aliphatic carbocycles. The van der Waals surface area contributed by atoms with Crippen LogP contribution in [0.25, 0.3) is 0 Å². The second-order valence-corrected chi connectivity index (χ2v) is 6.16. The van der Waals surface area contributed by atoms with Crippen molar-refractivity contribution < 1.29 is 19.5 Å². The predicted molar refractivity (Wildman–Crippen MR) is 94.2 cm³/mol. The topological polar surface area (TPSA) is 98.7 Å². The highest BCUT2D eigenvalue weighted by atomic mass is 32.1. The van der Waals surface area contributed by atoms with Crippen LogP contribution in [0.15, 0.2) is 53.6 Å². The Balaban J connectivity index is 1.70. The van der Waals surface area contributed by atoms with E-state index >= 15 is 0 Å². The van der Waals surface area contributed by atoms with Gasteiger partial charge in [0.2, 0.25) is 0 Å². The van der Waals surface area contributed by atoms with Gasteiger partial charge in [0.25, 0.3) is 17.7 Å². The Morgan fingerprint density at radius 1 is 1.16 bits per heavy atom. The zero-order valence-electron chi connectivity index (χ0n) is 13.1. The van der Waals surface area contributed by atoms with Crippen LogP contribution in [0.1, 0.15) is 9.67 Å². The van der Waals surface area contributed by atoms with E-state index in [9.17, 15) is 14.4 Å². The van der Waals surface area contributed by atoms with Gasteiger partial charge in [-0.3, -0.25) is 19.3 Å². The SMILES string of the molecule is O=C(Nc1cccc(NC2=CC(=O)N(CCO)C2=O)c1)c1cccs1. The van der Waals surface area contributed by atoms with Crippen molar-refractivity contribution in [3.05, 3.63) is 58.4 Å². The molecule has 1 aromatic carbocycles. The highest BCUT2D eigenvalue weighted by Crippen LogP contribution is 2.21. The number of aliphatic hydroxyl groups excluding tert-OH is 1. The maximum Gasteiger partial charge on any atom is 0.277 e. The van der Waals surface area contributed by atoms with E-state index < -0.39 is 11.8 Å². The highest BCUT2D eigenvalue weighted by Gasteiger charge is 2.30. The summed E-state index contributed by atoms with van der Waals surface area (Å²) >= 11 is 1.34.